The minimum absolute atomic E-state index is 0.168. The van der Waals surface area contributed by atoms with Gasteiger partial charge in [-0.1, -0.05) is 18.6 Å². The van der Waals surface area contributed by atoms with E-state index in [0.717, 1.165) is 4.90 Å². The quantitative estimate of drug-likeness (QED) is 0.742. The molecule has 0 spiro atoms. The fourth-order valence-electron chi connectivity index (χ4n) is 1.97. The van der Waals surface area contributed by atoms with E-state index < -0.39 is 23.8 Å². The number of amides is 4. The van der Waals surface area contributed by atoms with Crippen LogP contribution in [0, 0.1) is 5.92 Å². The van der Waals surface area contributed by atoms with Gasteiger partial charge in [-0.05, 0) is 6.42 Å². The van der Waals surface area contributed by atoms with E-state index in [1.807, 2.05) is 6.92 Å². The van der Waals surface area contributed by atoms with Gasteiger partial charge in [0.15, 0.2) is 0 Å². The Morgan fingerprint density at radius 3 is 2.74 bits per heavy atom. The predicted octanol–water partition coefficient (Wildman–Crippen LogP) is -0.227. The average Bonchev–Trinajstić information content (AvgIpc) is 2.87. The Morgan fingerprint density at radius 2 is 2.11 bits per heavy atom. The third-order valence-corrected chi connectivity index (χ3v) is 2.96. The number of aromatic nitrogens is 3. The Hall–Kier alpha value is -2.25. The smallest absolute Gasteiger partial charge is 0.277 e. The Morgan fingerprint density at radius 1 is 1.32 bits per heavy atom. The van der Waals surface area contributed by atoms with Crippen LogP contribution < -0.4 is 5.32 Å². The van der Waals surface area contributed by atoms with E-state index in [9.17, 15) is 14.4 Å². The highest BCUT2D eigenvalue weighted by Gasteiger charge is 2.39. The third-order valence-electron chi connectivity index (χ3n) is 2.96. The maximum absolute atomic E-state index is 12.1. The summed E-state index contributed by atoms with van der Waals surface area (Å²) in [5.41, 5.74) is 0. The number of carbonyl (C=O) groups is 3. The molecule has 1 aliphatic rings. The van der Waals surface area contributed by atoms with E-state index in [0.29, 0.717) is 19.4 Å². The minimum Gasteiger partial charge on any atom is -0.277 e. The van der Waals surface area contributed by atoms with Gasteiger partial charge in [0.1, 0.15) is 5.92 Å². The number of urea groups is 1. The lowest BCUT2D eigenvalue weighted by Gasteiger charge is -2.29. The average molecular weight is 265 g/mol. The molecule has 0 saturated carbocycles. The fourth-order valence-corrected chi connectivity index (χ4v) is 1.97. The molecule has 19 heavy (non-hydrogen) atoms. The number of barbiturate groups is 1. The number of nitrogens with zero attached hydrogens (tertiary/aromatic N) is 4. The van der Waals surface area contributed by atoms with Crippen LogP contribution in [-0.2, 0) is 16.1 Å². The maximum atomic E-state index is 12.1. The van der Waals surface area contributed by atoms with E-state index in [2.05, 4.69) is 15.6 Å². The van der Waals surface area contributed by atoms with Crippen LogP contribution in [0.3, 0.4) is 0 Å². The van der Waals surface area contributed by atoms with Gasteiger partial charge in [-0.3, -0.25) is 24.5 Å². The molecule has 1 fully saturated rings. The Bertz CT molecular complexity index is 485. The summed E-state index contributed by atoms with van der Waals surface area (Å²) in [6.07, 6.45) is 4.30. The number of imide groups is 2. The van der Waals surface area contributed by atoms with Crippen molar-refractivity contribution in [3.63, 3.8) is 0 Å². The molecule has 8 heteroatoms. The van der Waals surface area contributed by atoms with Gasteiger partial charge < -0.3 is 0 Å². The predicted molar refractivity (Wildman–Crippen MR) is 63.7 cm³/mol. The summed E-state index contributed by atoms with van der Waals surface area (Å²) in [7, 11) is 0. The lowest BCUT2D eigenvalue weighted by Crippen LogP contribution is -2.58. The monoisotopic (exact) mass is 265 g/mol. The topological polar surface area (TPSA) is 97.2 Å². The second-order valence-corrected chi connectivity index (χ2v) is 4.29. The van der Waals surface area contributed by atoms with E-state index in [1.54, 1.807) is 6.20 Å². The first-order valence-corrected chi connectivity index (χ1v) is 6.13. The molecule has 1 aliphatic heterocycles. The molecule has 1 saturated heterocycles. The van der Waals surface area contributed by atoms with Crippen molar-refractivity contribution in [3.05, 3.63) is 12.4 Å². The molecule has 2 heterocycles. The van der Waals surface area contributed by atoms with Gasteiger partial charge in [0.05, 0.1) is 19.3 Å². The van der Waals surface area contributed by atoms with E-state index in [-0.39, 0.29) is 6.54 Å². The highest BCUT2D eigenvalue weighted by molar-refractivity contribution is 6.16. The van der Waals surface area contributed by atoms with Gasteiger partial charge in [0.2, 0.25) is 11.8 Å². The van der Waals surface area contributed by atoms with Crippen LogP contribution in [0.15, 0.2) is 12.4 Å². The number of carbonyl (C=O) groups excluding carboxylic acids is 3. The number of hydrogen-bond acceptors (Lipinski definition) is 5. The summed E-state index contributed by atoms with van der Waals surface area (Å²) in [4.78, 5) is 36.4. The van der Waals surface area contributed by atoms with Gasteiger partial charge in [-0.2, -0.15) is 0 Å². The van der Waals surface area contributed by atoms with E-state index in [4.69, 9.17) is 0 Å². The van der Waals surface area contributed by atoms with Crippen molar-refractivity contribution in [2.45, 2.75) is 26.3 Å². The van der Waals surface area contributed by atoms with Crippen molar-refractivity contribution in [1.82, 2.24) is 25.2 Å². The molecule has 0 bridgehead atoms. The zero-order chi connectivity index (χ0) is 13.8. The van der Waals surface area contributed by atoms with Crippen LogP contribution in [-0.4, -0.2) is 44.3 Å². The largest absolute Gasteiger partial charge is 0.330 e. The molecule has 1 aromatic rings. The molecule has 102 valence electrons. The molecule has 4 amide bonds. The fraction of sp³-hybridized carbons (Fsp3) is 0.545. The van der Waals surface area contributed by atoms with Crippen LogP contribution in [0.4, 0.5) is 4.79 Å². The molecule has 0 aromatic carbocycles. The van der Waals surface area contributed by atoms with Gasteiger partial charge in [0.25, 0.3) is 0 Å². The number of hydrogen-bond donors (Lipinski definition) is 1. The van der Waals surface area contributed by atoms with E-state index >= 15 is 0 Å². The molecule has 1 unspecified atom stereocenters. The van der Waals surface area contributed by atoms with Crippen molar-refractivity contribution in [1.29, 1.82) is 0 Å². The van der Waals surface area contributed by atoms with Gasteiger partial charge in [0, 0.05) is 6.20 Å². The first-order chi connectivity index (χ1) is 9.13. The molecule has 1 aromatic heterocycles. The first-order valence-electron chi connectivity index (χ1n) is 6.13. The lowest BCUT2D eigenvalue weighted by atomic mass is 9.99. The van der Waals surface area contributed by atoms with Crippen LogP contribution in [0.5, 0.6) is 0 Å². The van der Waals surface area contributed by atoms with Crippen molar-refractivity contribution in [2.24, 2.45) is 5.92 Å². The zero-order valence-electron chi connectivity index (χ0n) is 10.6. The molecule has 0 aliphatic carbocycles. The molecule has 8 nitrogen and oxygen atoms in total. The highest BCUT2D eigenvalue weighted by atomic mass is 16.2. The van der Waals surface area contributed by atoms with Crippen LogP contribution in [0.1, 0.15) is 19.8 Å². The second kappa shape index (κ2) is 5.59. The third kappa shape index (κ3) is 2.78. The van der Waals surface area contributed by atoms with Crippen molar-refractivity contribution in [3.8, 4) is 0 Å². The molecule has 1 N–H and O–H groups in total. The first kappa shape index (κ1) is 13.2. The van der Waals surface area contributed by atoms with E-state index in [1.165, 1.54) is 10.9 Å². The minimum atomic E-state index is -0.765. The maximum Gasteiger partial charge on any atom is 0.330 e. The normalized spacial score (nSPS) is 19.7. The summed E-state index contributed by atoms with van der Waals surface area (Å²) in [5, 5.41) is 9.59. The van der Waals surface area contributed by atoms with Gasteiger partial charge in [-0.15, -0.1) is 5.10 Å². The summed E-state index contributed by atoms with van der Waals surface area (Å²) in [5.74, 6) is -1.71. The molecular weight excluding hydrogens is 250 g/mol. The molecule has 1 atom stereocenters. The summed E-state index contributed by atoms with van der Waals surface area (Å²) < 4.78 is 1.52. The summed E-state index contributed by atoms with van der Waals surface area (Å²) in [6.45, 7) is 2.41. The highest BCUT2D eigenvalue weighted by Crippen LogP contribution is 2.15. The summed E-state index contributed by atoms with van der Waals surface area (Å²) in [6, 6.07) is -0.664. The van der Waals surface area contributed by atoms with Crippen LogP contribution >= 0.6 is 0 Å². The van der Waals surface area contributed by atoms with Crippen molar-refractivity contribution >= 4 is 17.8 Å². The van der Waals surface area contributed by atoms with Crippen molar-refractivity contribution < 1.29 is 14.4 Å². The standard InChI is InChI=1S/C11H15N5O3/c1-2-3-8-9(17)13-11(19)16(10(8)18)7-6-15-5-4-12-14-15/h4-5,8H,2-3,6-7H2,1H3,(H,13,17,19). The Balaban J connectivity index is 2.03. The number of rotatable bonds is 5. The van der Waals surface area contributed by atoms with Crippen LogP contribution in [0.2, 0.25) is 0 Å². The summed E-state index contributed by atoms with van der Waals surface area (Å²) >= 11 is 0. The lowest BCUT2D eigenvalue weighted by molar-refractivity contribution is -0.143. The Kier molecular flexibility index (Phi) is 3.88. The van der Waals surface area contributed by atoms with Gasteiger partial charge >= 0.3 is 6.03 Å². The molecular formula is C11H15N5O3. The molecule has 0 radical (unpaired) electrons. The van der Waals surface area contributed by atoms with Gasteiger partial charge in [-0.25, -0.2) is 4.79 Å². The van der Waals surface area contributed by atoms with Crippen LogP contribution in [0.25, 0.3) is 0 Å². The Labute approximate surface area is 109 Å². The SMILES string of the molecule is CCCC1C(=O)NC(=O)N(CCn2ccnn2)C1=O. The molecule has 2 rings (SSSR count). The second-order valence-electron chi connectivity index (χ2n) is 4.29. The zero-order valence-corrected chi connectivity index (χ0v) is 10.6. The number of nitrogens with one attached hydrogen (secondary N) is 1. The van der Waals surface area contributed by atoms with Crippen molar-refractivity contribution in [2.75, 3.05) is 6.54 Å².